The highest BCUT2D eigenvalue weighted by Gasteiger charge is 2.35. The standard InChI is InChI=1S/C35H32ClN5O3S/c1-22-13-15-24(16-14-22)20-44-29-18-17-25(19-30(29)43-3)32-31(33(42)38-27-10-5-4-6-11-27)23(2)37-34-39-35(40-41(32)34)45-21-26-9-7-8-12-28(26)36/h4-19,32H,20-21H2,1-3H3,(H,38,42)(H,37,39,40). The van der Waals surface area contributed by atoms with Gasteiger partial charge in [-0.2, -0.15) is 4.98 Å². The number of aromatic nitrogens is 3. The largest absolute Gasteiger partial charge is 0.493 e. The van der Waals surface area contributed by atoms with Gasteiger partial charge in [0.15, 0.2) is 11.5 Å². The first-order valence-corrected chi connectivity index (χ1v) is 15.8. The summed E-state index contributed by atoms with van der Waals surface area (Å²) in [5.41, 5.74) is 5.91. The number of halogens is 1. The summed E-state index contributed by atoms with van der Waals surface area (Å²) in [7, 11) is 1.61. The van der Waals surface area contributed by atoms with Crippen molar-refractivity contribution in [1.82, 2.24) is 14.8 Å². The number of nitrogens with zero attached hydrogens (tertiary/aromatic N) is 3. The van der Waals surface area contributed by atoms with E-state index in [4.69, 9.17) is 31.2 Å². The SMILES string of the molecule is COc1cc(C2C(C(=O)Nc3ccccc3)=C(C)Nc3nc(SCc4ccccc4Cl)nn32)ccc1OCc1ccc(C)cc1. The lowest BCUT2D eigenvalue weighted by Gasteiger charge is -2.29. The molecule has 45 heavy (non-hydrogen) atoms. The summed E-state index contributed by atoms with van der Waals surface area (Å²) in [6, 6.07) is 30.4. The maximum absolute atomic E-state index is 13.9. The molecule has 2 heterocycles. The smallest absolute Gasteiger partial charge is 0.255 e. The second-order valence-electron chi connectivity index (χ2n) is 10.6. The third-order valence-electron chi connectivity index (χ3n) is 7.44. The number of carbonyl (C=O) groups is 1. The predicted octanol–water partition coefficient (Wildman–Crippen LogP) is 8.05. The average Bonchev–Trinajstić information content (AvgIpc) is 3.46. The van der Waals surface area contributed by atoms with Crippen molar-refractivity contribution >= 4 is 40.9 Å². The van der Waals surface area contributed by atoms with E-state index in [1.807, 2.05) is 91.9 Å². The van der Waals surface area contributed by atoms with Gasteiger partial charge in [0.2, 0.25) is 11.1 Å². The fourth-order valence-electron chi connectivity index (χ4n) is 5.09. The summed E-state index contributed by atoms with van der Waals surface area (Å²) in [4.78, 5) is 18.7. The molecule has 228 valence electrons. The van der Waals surface area contributed by atoms with Crippen molar-refractivity contribution in [2.24, 2.45) is 0 Å². The zero-order valence-electron chi connectivity index (χ0n) is 25.1. The predicted molar refractivity (Wildman–Crippen MR) is 179 cm³/mol. The van der Waals surface area contributed by atoms with Crippen molar-refractivity contribution < 1.29 is 14.3 Å². The molecule has 1 aliphatic heterocycles. The Labute approximate surface area is 271 Å². The lowest BCUT2D eigenvalue weighted by molar-refractivity contribution is -0.113. The molecule has 5 aromatic rings. The summed E-state index contributed by atoms with van der Waals surface area (Å²) >= 11 is 7.87. The van der Waals surface area contributed by atoms with Gasteiger partial charge in [-0.25, -0.2) is 4.68 Å². The zero-order chi connectivity index (χ0) is 31.3. The first-order valence-electron chi connectivity index (χ1n) is 14.4. The lowest BCUT2D eigenvalue weighted by atomic mass is 9.94. The number of amides is 1. The fourth-order valence-corrected chi connectivity index (χ4v) is 6.21. The normalized spacial score (nSPS) is 14.0. The van der Waals surface area contributed by atoms with Gasteiger partial charge in [-0.15, -0.1) is 5.10 Å². The first kappa shape index (κ1) is 30.3. The maximum atomic E-state index is 13.9. The molecule has 1 aliphatic rings. The Kier molecular flexibility index (Phi) is 9.09. The number of fused-ring (bicyclic) bond motifs is 1. The van der Waals surface area contributed by atoms with Crippen molar-refractivity contribution in [1.29, 1.82) is 0 Å². The van der Waals surface area contributed by atoms with E-state index in [0.717, 1.165) is 16.7 Å². The molecule has 0 saturated carbocycles. The van der Waals surface area contributed by atoms with E-state index in [2.05, 4.69) is 29.7 Å². The third-order valence-corrected chi connectivity index (χ3v) is 8.70. The Morgan fingerprint density at radius 3 is 2.49 bits per heavy atom. The van der Waals surface area contributed by atoms with Crippen LogP contribution in [0.5, 0.6) is 11.5 Å². The number of allylic oxidation sites excluding steroid dienone is 1. The van der Waals surface area contributed by atoms with Crippen molar-refractivity contribution in [3.63, 3.8) is 0 Å². The number of carbonyl (C=O) groups excluding carboxylic acids is 1. The van der Waals surface area contributed by atoms with E-state index in [9.17, 15) is 4.79 Å². The second-order valence-corrected chi connectivity index (χ2v) is 12.0. The number of anilines is 2. The van der Waals surface area contributed by atoms with Crippen LogP contribution in [-0.2, 0) is 17.2 Å². The summed E-state index contributed by atoms with van der Waals surface area (Å²) in [5, 5.41) is 12.5. The van der Waals surface area contributed by atoms with Crippen LogP contribution in [0.25, 0.3) is 0 Å². The number of ether oxygens (including phenoxy) is 2. The summed E-state index contributed by atoms with van der Waals surface area (Å²) in [6.07, 6.45) is 0. The molecule has 2 N–H and O–H groups in total. The van der Waals surface area contributed by atoms with Gasteiger partial charge in [0.1, 0.15) is 12.6 Å². The van der Waals surface area contributed by atoms with Crippen LogP contribution in [0.4, 0.5) is 11.6 Å². The summed E-state index contributed by atoms with van der Waals surface area (Å²) in [6.45, 7) is 4.32. The second kappa shape index (κ2) is 13.5. The van der Waals surface area contributed by atoms with E-state index >= 15 is 0 Å². The van der Waals surface area contributed by atoms with Gasteiger partial charge < -0.3 is 20.1 Å². The van der Waals surface area contributed by atoms with Gasteiger partial charge in [-0.05, 0) is 60.9 Å². The minimum absolute atomic E-state index is 0.249. The number of para-hydroxylation sites is 1. The molecule has 0 bridgehead atoms. The molecule has 0 saturated heterocycles. The van der Waals surface area contributed by atoms with Crippen molar-refractivity contribution in [2.75, 3.05) is 17.7 Å². The number of rotatable bonds is 10. The molecular weight excluding hydrogens is 606 g/mol. The number of nitrogens with one attached hydrogen (secondary N) is 2. The monoisotopic (exact) mass is 637 g/mol. The Hall–Kier alpha value is -4.73. The minimum atomic E-state index is -0.591. The first-order chi connectivity index (χ1) is 21.9. The lowest BCUT2D eigenvalue weighted by Crippen LogP contribution is -2.31. The van der Waals surface area contributed by atoms with E-state index in [1.54, 1.807) is 11.8 Å². The Morgan fingerprint density at radius 2 is 1.73 bits per heavy atom. The van der Waals surface area contributed by atoms with E-state index in [0.29, 0.717) is 56.9 Å². The van der Waals surface area contributed by atoms with Gasteiger partial charge >= 0.3 is 0 Å². The summed E-state index contributed by atoms with van der Waals surface area (Å²) < 4.78 is 13.7. The molecule has 0 radical (unpaired) electrons. The van der Waals surface area contributed by atoms with Crippen LogP contribution in [0.2, 0.25) is 5.02 Å². The quantitative estimate of drug-likeness (QED) is 0.150. The summed E-state index contributed by atoms with van der Waals surface area (Å²) in [5.74, 6) is 2.04. The Bertz CT molecular complexity index is 1860. The molecule has 8 nitrogen and oxygen atoms in total. The average molecular weight is 638 g/mol. The Morgan fingerprint density at radius 1 is 0.978 bits per heavy atom. The third kappa shape index (κ3) is 6.84. The highest BCUT2D eigenvalue weighted by molar-refractivity contribution is 7.98. The van der Waals surface area contributed by atoms with Crippen LogP contribution >= 0.6 is 23.4 Å². The number of thioether (sulfide) groups is 1. The number of aryl methyl sites for hydroxylation is 1. The molecule has 10 heteroatoms. The van der Waals surface area contributed by atoms with Crippen LogP contribution in [0.1, 0.15) is 35.2 Å². The Balaban J connectivity index is 1.34. The zero-order valence-corrected chi connectivity index (χ0v) is 26.7. The van der Waals surface area contributed by atoms with E-state index in [-0.39, 0.29) is 5.91 Å². The van der Waals surface area contributed by atoms with Gasteiger partial charge in [-0.3, -0.25) is 4.79 Å². The van der Waals surface area contributed by atoms with E-state index < -0.39 is 6.04 Å². The maximum Gasteiger partial charge on any atom is 0.255 e. The number of hydrogen-bond acceptors (Lipinski definition) is 7. The highest BCUT2D eigenvalue weighted by atomic mass is 35.5. The molecular formula is C35H32ClN5O3S. The molecule has 0 spiro atoms. The molecule has 1 amide bonds. The molecule has 1 aromatic heterocycles. The van der Waals surface area contributed by atoms with Gasteiger partial charge in [0, 0.05) is 22.2 Å². The van der Waals surface area contributed by atoms with Crippen LogP contribution < -0.4 is 20.1 Å². The van der Waals surface area contributed by atoms with Crippen LogP contribution in [0.3, 0.4) is 0 Å². The van der Waals surface area contributed by atoms with Gasteiger partial charge in [0.25, 0.3) is 5.91 Å². The van der Waals surface area contributed by atoms with E-state index in [1.165, 1.54) is 17.3 Å². The van der Waals surface area contributed by atoms with Crippen molar-refractivity contribution in [3.8, 4) is 11.5 Å². The van der Waals surface area contributed by atoms with Crippen molar-refractivity contribution in [2.45, 2.75) is 37.4 Å². The minimum Gasteiger partial charge on any atom is -0.493 e. The topological polar surface area (TPSA) is 90.3 Å². The number of benzene rings is 4. The number of hydrogen-bond donors (Lipinski definition) is 2. The molecule has 0 fully saturated rings. The van der Waals surface area contributed by atoms with Gasteiger partial charge in [-0.1, -0.05) is 95.7 Å². The van der Waals surface area contributed by atoms with Crippen LogP contribution in [-0.4, -0.2) is 27.8 Å². The molecule has 1 unspecified atom stereocenters. The molecule has 4 aromatic carbocycles. The van der Waals surface area contributed by atoms with Crippen LogP contribution in [0.15, 0.2) is 113 Å². The van der Waals surface area contributed by atoms with Crippen LogP contribution in [0, 0.1) is 6.92 Å². The fraction of sp³-hybridized carbons (Fsp3) is 0.171. The van der Waals surface area contributed by atoms with Gasteiger partial charge in [0.05, 0.1) is 12.7 Å². The highest BCUT2D eigenvalue weighted by Crippen LogP contribution is 2.40. The molecule has 6 rings (SSSR count). The molecule has 0 aliphatic carbocycles. The van der Waals surface area contributed by atoms with Crippen molar-refractivity contribution in [3.05, 3.63) is 136 Å². The number of methoxy groups -OCH3 is 1. The molecule has 1 atom stereocenters.